The Morgan fingerprint density at radius 3 is 3.00 bits per heavy atom. The third kappa shape index (κ3) is 2.29. The summed E-state index contributed by atoms with van der Waals surface area (Å²) >= 11 is 0. The van der Waals surface area contributed by atoms with Crippen LogP contribution in [0.4, 0.5) is 5.69 Å². The molecule has 4 heteroatoms. The highest BCUT2D eigenvalue weighted by Gasteiger charge is 2.37. The summed E-state index contributed by atoms with van der Waals surface area (Å²) in [6, 6.07) is 5.90. The molecule has 0 aromatic heterocycles. The summed E-state index contributed by atoms with van der Waals surface area (Å²) in [6.07, 6.45) is 4.71. The Hall–Kier alpha value is -1.55. The number of nitrogens with zero attached hydrogens (tertiary/aromatic N) is 1. The summed E-state index contributed by atoms with van der Waals surface area (Å²) in [4.78, 5) is 14.8. The van der Waals surface area contributed by atoms with Crippen LogP contribution in [0.1, 0.15) is 41.6 Å². The predicted octanol–water partition coefficient (Wildman–Crippen LogP) is 2.36. The van der Waals surface area contributed by atoms with Crippen LogP contribution in [0.2, 0.25) is 0 Å². The average Bonchev–Trinajstić information content (AvgIpc) is 2.49. The summed E-state index contributed by atoms with van der Waals surface area (Å²) in [7, 11) is 0. The Kier molecular flexibility index (Phi) is 3.66. The smallest absolute Gasteiger partial charge is 0.256 e. The quantitative estimate of drug-likeness (QED) is 0.800. The van der Waals surface area contributed by atoms with E-state index in [0.29, 0.717) is 24.4 Å². The van der Waals surface area contributed by atoms with Gasteiger partial charge in [-0.1, -0.05) is 25.0 Å². The number of para-hydroxylation sites is 1. The van der Waals surface area contributed by atoms with E-state index in [2.05, 4.69) is 0 Å². The lowest BCUT2D eigenvalue weighted by Crippen LogP contribution is -2.54. The molecule has 2 N–H and O–H groups in total. The lowest BCUT2D eigenvalue weighted by molar-refractivity contribution is -0.0752. The Balaban J connectivity index is 1.87. The van der Waals surface area contributed by atoms with Crippen LogP contribution in [0.5, 0.6) is 0 Å². The second kappa shape index (κ2) is 5.44. The molecular weight excluding hydrogens is 252 g/mol. The van der Waals surface area contributed by atoms with Gasteiger partial charge in [0.15, 0.2) is 0 Å². The van der Waals surface area contributed by atoms with Crippen LogP contribution >= 0.6 is 0 Å². The van der Waals surface area contributed by atoms with Gasteiger partial charge in [-0.3, -0.25) is 4.79 Å². The number of ether oxygens (including phenoxy) is 1. The van der Waals surface area contributed by atoms with E-state index in [9.17, 15) is 4.79 Å². The second-order valence-electron chi connectivity index (χ2n) is 5.80. The largest absolute Gasteiger partial charge is 0.398 e. The number of morpholine rings is 1. The number of nitrogen functional groups attached to an aromatic ring is 1. The normalized spacial score (nSPS) is 26.1. The highest BCUT2D eigenvalue weighted by molar-refractivity contribution is 6.00. The van der Waals surface area contributed by atoms with Crippen molar-refractivity contribution in [2.75, 3.05) is 18.9 Å². The monoisotopic (exact) mass is 274 g/mol. The molecular formula is C16H22N2O2. The number of carbonyl (C=O) groups is 1. The third-order valence-corrected chi connectivity index (χ3v) is 4.55. The van der Waals surface area contributed by atoms with Gasteiger partial charge in [0.25, 0.3) is 5.91 Å². The number of hydrogen-bond acceptors (Lipinski definition) is 3. The van der Waals surface area contributed by atoms with Gasteiger partial charge in [-0.25, -0.2) is 0 Å². The molecule has 3 rings (SSSR count). The van der Waals surface area contributed by atoms with Gasteiger partial charge in [-0.05, 0) is 31.4 Å². The number of hydrogen-bond donors (Lipinski definition) is 1. The predicted molar refractivity (Wildman–Crippen MR) is 78.6 cm³/mol. The van der Waals surface area contributed by atoms with Gasteiger partial charge in [-0.2, -0.15) is 0 Å². The van der Waals surface area contributed by atoms with Crippen molar-refractivity contribution in [3.63, 3.8) is 0 Å². The molecule has 2 fully saturated rings. The molecule has 2 aliphatic rings. The Morgan fingerprint density at radius 1 is 1.35 bits per heavy atom. The number of nitrogens with two attached hydrogens (primary N) is 1. The van der Waals surface area contributed by atoms with Gasteiger partial charge in [-0.15, -0.1) is 0 Å². The fourth-order valence-corrected chi connectivity index (χ4v) is 3.37. The van der Waals surface area contributed by atoms with Gasteiger partial charge < -0.3 is 15.4 Å². The van der Waals surface area contributed by atoms with Gasteiger partial charge in [0.05, 0.1) is 24.3 Å². The lowest BCUT2D eigenvalue weighted by atomic mass is 9.89. The van der Waals surface area contributed by atoms with Crippen LogP contribution in [0.15, 0.2) is 18.2 Å². The van der Waals surface area contributed by atoms with E-state index >= 15 is 0 Å². The van der Waals surface area contributed by atoms with Crippen LogP contribution in [0.25, 0.3) is 0 Å². The zero-order chi connectivity index (χ0) is 14.1. The van der Waals surface area contributed by atoms with Crippen molar-refractivity contribution in [2.24, 2.45) is 0 Å². The fraction of sp³-hybridized carbons (Fsp3) is 0.562. The first-order valence-electron chi connectivity index (χ1n) is 7.46. The van der Waals surface area contributed by atoms with Crippen molar-refractivity contribution in [2.45, 2.75) is 44.8 Å². The molecule has 1 saturated carbocycles. The fourth-order valence-electron chi connectivity index (χ4n) is 3.37. The number of anilines is 1. The molecule has 1 amide bonds. The summed E-state index contributed by atoms with van der Waals surface area (Å²) in [6.45, 7) is 3.25. The number of carbonyl (C=O) groups excluding carboxylic acids is 1. The van der Waals surface area contributed by atoms with Gasteiger partial charge in [0.2, 0.25) is 0 Å². The zero-order valence-corrected chi connectivity index (χ0v) is 12.0. The van der Waals surface area contributed by atoms with Crippen molar-refractivity contribution >= 4 is 11.6 Å². The van der Waals surface area contributed by atoms with Crippen LogP contribution in [0, 0.1) is 6.92 Å². The molecule has 1 heterocycles. The van der Waals surface area contributed by atoms with Crippen molar-refractivity contribution < 1.29 is 9.53 Å². The summed E-state index contributed by atoms with van der Waals surface area (Å²) in [5.74, 6) is 0.0615. The highest BCUT2D eigenvalue weighted by Crippen LogP contribution is 2.30. The van der Waals surface area contributed by atoms with Crippen molar-refractivity contribution in [1.29, 1.82) is 0 Å². The maximum atomic E-state index is 12.8. The van der Waals surface area contributed by atoms with Crippen molar-refractivity contribution in [1.82, 2.24) is 4.90 Å². The van der Waals surface area contributed by atoms with Crippen molar-refractivity contribution in [3.8, 4) is 0 Å². The summed E-state index contributed by atoms with van der Waals surface area (Å²) in [5, 5.41) is 0. The molecule has 2 atom stereocenters. The summed E-state index contributed by atoms with van der Waals surface area (Å²) in [5.41, 5.74) is 8.28. The van der Waals surface area contributed by atoms with E-state index in [1.807, 2.05) is 30.0 Å². The molecule has 1 saturated heterocycles. The van der Waals surface area contributed by atoms with E-state index in [4.69, 9.17) is 10.5 Å². The van der Waals surface area contributed by atoms with E-state index in [0.717, 1.165) is 18.4 Å². The second-order valence-corrected chi connectivity index (χ2v) is 5.80. The van der Waals surface area contributed by atoms with E-state index < -0.39 is 0 Å². The molecule has 20 heavy (non-hydrogen) atoms. The first-order chi connectivity index (χ1) is 9.68. The third-order valence-electron chi connectivity index (χ3n) is 4.55. The van der Waals surface area contributed by atoms with E-state index in [1.54, 1.807) is 0 Å². The number of rotatable bonds is 1. The highest BCUT2D eigenvalue weighted by atomic mass is 16.5. The molecule has 4 nitrogen and oxygen atoms in total. The molecule has 1 aromatic carbocycles. The minimum Gasteiger partial charge on any atom is -0.398 e. The molecule has 0 bridgehead atoms. The number of aryl methyl sites for hydroxylation is 1. The summed E-state index contributed by atoms with van der Waals surface area (Å²) < 4.78 is 5.83. The SMILES string of the molecule is Cc1cccc(C(=O)N2CCOC3CCCCC32)c1N. The number of amides is 1. The van der Waals surface area contributed by atoms with Crippen LogP contribution in [-0.4, -0.2) is 36.1 Å². The Labute approximate surface area is 119 Å². The van der Waals surface area contributed by atoms with Crippen LogP contribution < -0.4 is 5.73 Å². The Bertz CT molecular complexity index is 513. The van der Waals surface area contributed by atoms with E-state index in [1.165, 1.54) is 12.8 Å². The average molecular weight is 274 g/mol. The minimum atomic E-state index is 0.0615. The van der Waals surface area contributed by atoms with Crippen LogP contribution in [-0.2, 0) is 4.74 Å². The maximum absolute atomic E-state index is 12.8. The molecule has 1 aromatic rings. The Morgan fingerprint density at radius 2 is 2.15 bits per heavy atom. The van der Waals surface area contributed by atoms with Gasteiger partial charge in [0.1, 0.15) is 0 Å². The zero-order valence-electron chi connectivity index (χ0n) is 12.0. The molecule has 2 unspecified atom stereocenters. The maximum Gasteiger partial charge on any atom is 0.256 e. The van der Waals surface area contributed by atoms with Crippen LogP contribution in [0.3, 0.4) is 0 Å². The molecule has 0 radical (unpaired) electrons. The molecule has 0 spiro atoms. The molecule has 1 aliphatic carbocycles. The van der Waals surface area contributed by atoms with Crippen molar-refractivity contribution in [3.05, 3.63) is 29.3 Å². The number of benzene rings is 1. The molecule has 1 aliphatic heterocycles. The lowest BCUT2D eigenvalue weighted by Gasteiger charge is -2.44. The van der Waals surface area contributed by atoms with E-state index in [-0.39, 0.29) is 18.1 Å². The van der Waals surface area contributed by atoms with Gasteiger partial charge >= 0.3 is 0 Å². The number of fused-ring (bicyclic) bond motifs is 1. The molecule has 108 valence electrons. The minimum absolute atomic E-state index is 0.0615. The standard InChI is InChI=1S/C16H22N2O2/c1-11-5-4-6-12(15(11)17)16(19)18-9-10-20-14-8-3-2-7-13(14)18/h4-6,13-14H,2-3,7-10,17H2,1H3. The topological polar surface area (TPSA) is 55.6 Å². The first kappa shape index (κ1) is 13.4. The first-order valence-corrected chi connectivity index (χ1v) is 7.46. The van der Waals surface area contributed by atoms with Gasteiger partial charge in [0, 0.05) is 12.2 Å².